The third-order valence-electron chi connectivity index (χ3n) is 3.73. The van der Waals surface area contributed by atoms with E-state index in [9.17, 15) is 0 Å². The number of nitrogens with zero attached hydrogens (tertiary/aromatic N) is 2. The molecule has 2 aromatic carbocycles. The van der Waals surface area contributed by atoms with Gasteiger partial charge in [0, 0.05) is 17.3 Å². The number of fused-ring (bicyclic) bond motifs is 1. The first-order valence-corrected chi connectivity index (χ1v) is 7.90. The van der Waals surface area contributed by atoms with Crippen LogP contribution in [0.5, 0.6) is 0 Å². The van der Waals surface area contributed by atoms with Crippen LogP contribution in [0.4, 0.5) is 0 Å². The van der Waals surface area contributed by atoms with Crippen LogP contribution < -0.4 is 0 Å². The maximum atomic E-state index is 6.36. The number of hydrogen-bond acceptors (Lipinski definition) is 1. The highest BCUT2D eigenvalue weighted by atomic mass is 35.5. The van der Waals surface area contributed by atoms with Crippen molar-refractivity contribution in [2.45, 2.75) is 19.4 Å². The van der Waals surface area contributed by atoms with Gasteiger partial charge >= 0.3 is 0 Å². The average Bonchev–Trinajstić information content (AvgIpc) is 2.85. The number of aryl methyl sites for hydroxylation is 1. The number of hydrogen-bond donors (Lipinski definition) is 0. The molecule has 0 fully saturated rings. The zero-order valence-corrected chi connectivity index (χ0v) is 13.3. The Morgan fingerprint density at radius 3 is 2.57 bits per heavy atom. The number of benzene rings is 2. The Balaban J connectivity index is 2.18. The molecule has 0 saturated carbocycles. The standard InChI is InChI=1S/C17H16Cl2N2/c1-12(13-6-2-3-7-14(13)19)21-16-9-5-4-8-15(16)20-17(21)10-11-18/h2-9,12H,10-11H2,1H3. The SMILES string of the molecule is CC(c1ccccc1Cl)n1c(CCCl)nc2ccccc21. The summed E-state index contributed by atoms with van der Waals surface area (Å²) in [7, 11) is 0. The predicted molar refractivity (Wildman–Crippen MR) is 89.4 cm³/mol. The van der Waals surface area contributed by atoms with Gasteiger partial charge in [-0.25, -0.2) is 4.98 Å². The lowest BCUT2D eigenvalue weighted by molar-refractivity contribution is 0.624. The van der Waals surface area contributed by atoms with Crippen LogP contribution >= 0.6 is 23.2 Å². The molecule has 0 bridgehead atoms. The minimum absolute atomic E-state index is 0.115. The third kappa shape index (κ3) is 2.66. The summed E-state index contributed by atoms with van der Waals surface area (Å²) in [5.74, 6) is 1.55. The van der Waals surface area contributed by atoms with Crippen LogP contribution in [0.2, 0.25) is 5.02 Å². The zero-order chi connectivity index (χ0) is 14.8. The number of imidazole rings is 1. The van der Waals surface area contributed by atoms with Gasteiger partial charge in [-0.05, 0) is 30.7 Å². The number of para-hydroxylation sites is 2. The van der Waals surface area contributed by atoms with E-state index in [4.69, 9.17) is 28.2 Å². The molecule has 21 heavy (non-hydrogen) atoms. The van der Waals surface area contributed by atoms with Gasteiger partial charge in [0.1, 0.15) is 5.82 Å². The van der Waals surface area contributed by atoms with E-state index in [0.29, 0.717) is 5.88 Å². The van der Waals surface area contributed by atoms with E-state index in [1.165, 1.54) is 0 Å². The zero-order valence-electron chi connectivity index (χ0n) is 11.8. The summed E-state index contributed by atoms with van der Waals surface area (Å²) in [5.41, 5.74) is 3.21. The summed E-state index contributed by atoms with van der Waals surface area (Å²) < 4.78 is 2.24. The number of aromatic nitrogens is 2. The van der Waals surface area contributed by atoms with E-state index in [1.807, 2.05) is 36.4 Å². The van der Waals surface area contributed by atoms with Crippen molar-refractivity contribution >= 4 is 34.2 Å². The number of rotatable bonds is 4. The fourth-order valence-electron chi connectivity index (χ4n) is 2.74. The fourth-order valence-corrected chi connectivity index (χ4v) is 3.20. The normalized spacial score (nSPS) is 12.7. The number of halogens is 2. The van der Waals surface area contributed by atoms with Crippen molar-refractivity contribution in [2.75, 3.05) is 5.88 Å². The molecule has 1 heterocycles. The van der Waals surface area contributed by atoms with Gasteiger partial charge in [0.25, 0.3) is 0 Å². The molecule has 0 spiro atoms. The van der Waals surface area contributed by atoms with E-state index in [-0.39, 0.29) is 6.04 Å². The van der Waals surface area contributed by atoms with Crippen LogP contribution in [-0.2, 0) is 6.42 Å². The molecule has 108 valence electrons. The first-order chi connectivity index (χ1) is 10.2. The average molecular weight is 319 g/mol. The summed E-state index contributed by atoms with van der Waals surface area (Å²) in [4.78, 5) is 4.71. The van der Waals surface area contributed by atoms with Crippen molar-refractivity contribution in [1.29, 1.82) is 0 Å². The van der Waals surface area contributed by atoms with Gasteiger partial charge < -0.3 is 4.57 Å². The smallest absolute Gasteiger partial charge is 0.111 e. The van der Waals surface area contributed by atoms with Crippen LogP contribution in [0.3, 0.4) is 0 Å². The van der Waals surface area contributed by atoms with Crippen molar-refractivity contribution < 1.29 is 0 Å². The van der Waals surface area contributed by atoms with Crippen molar-refractivity contribution in [3.63, 3.8) is 0 Å². The Morgan fingerprint density at radius 2 is 1.81 bits per heavy atom. The lowest BCUT2D eigenvalue weighted by atomic mass is 10.1. The third-order valence-corrected chi connectivity index (χ3v) is 4.26. The molecule has 4 heteroatoms. The Kier molecular flexibility index (Phi) is 4.18. The Morgan fingerprint density at radius 1 is 1.10 bits per heavy atom. The van der Waals surface area contributed by atoms with Crippen LogP contribution in [-0.4, -0.2) is 15.4 Å². The molecule has 1 atom stereocenters. The minimum Gasteiger partial charge on any atom is -0.321 e. The second kappa shape index (κ2) is 6.08. The molecule has 3 rings (SSSR count). The molecule has 2 nitrogen and oxygen atoms in total. The molecule has 3 aromatic rings. The van der Waals surface area contributed by atoms with Gasteiger partial charge in [0.2, 0.25) is 0 Å². The quantitative estimate of drug-likeness (QED) is 0.613. The summed E-state index contributed by atoms with van der Waals surface area (Å²) in [6.07, 6.45) is 0.741. The molecule has 0 aliphatic heterocycles. The molecular formula is C17H16Cl2N2. The first kappa shape index (κ1) is 14.4. The van der Waals surface area contributed by atoms with Crippen molar-refractivity contribution in [1.82, 2.24) is 9.55 Å². The lowest BCUT2D eigenvalue weighted by Crippen LogP contribution is -2.11. The highest BCUT2D eigenvalue weighted by Crippen LogP contribution is 2.30. The highest BCUT2D eigenvalue weighted by molar-refractivity contribution is 6.31. The van der Waals surface area contributed by atoms with Gasteiger partial charge in [0.15, 0.2) is 0 Å². The fraction of sp³-hybridized carbons (Fsp3) is 0.235. The predicted octanol–water partition coefficient (Wildman–Crippen LogP) is 5.08. The minimum atomic E-state index is 0.115. The van der Waals surface area contributed by atoms with E-state index in [0.717, 1.165) is 33.9 Å². The summed E-state index contributed by atoms with van der Waals surface area (Å²) >= 11 is 12.3. The summed E-state index contributed by atoms with van der Waals surface area (Å²) in [6, 6.07) is 16.2. The monoisotopic (exact) mass is 318 g/mol. The van der Waals surface area contributed by atoms with Gasteiger partial charge in [-0.1, -0.05) is 41.9 Å². The van der Waals surface area contributed by atoms with Crippen LogP contribution in [0.15, 0.2) is 48.5 Å². The topological polar surface area (TPSA) is 17.8 Å². The van der Waals surface area contributed by atoms with Crippen LogP contribution in [0.25, 0.3) is 11.0 Å². The molecule has 0 N–H and O–H groups in total. The Hall–Kier alpha value is -1.51. The van der Waals surface area contributed by atoms with Gasteiger partial charge in [-0.3, -0.25) is 0 Å². The second-order valence-electron chi connectivity index (χ2n) is 5.02. The van der Waals surface area contributed by atoms with Gasteiger partial charge in [-0.2, -0.15) is 0 Å². The van der Waals surface area contributed by atoms with Crippen LogP contribution in [0, 0.1) is 0 Å². The molecule has 0 radical (unpaired) electrons. The van der Waals surface area contributed by atoms with Crippen molar-refractivity contribution in [3.05, 3.63) is 64.9 Å². The lowest BCUT2D eigenvalue weighted by Gasteiger charge is -2.19. The summed E-state index contributed by atoms with van der Waals surface area (Å²) in [5, 5.41) is 0.777. The van der Waals surface area contributed by atoms with E-state index in [2.05, 4.69) is 23.6 Å². The van der Waals surface area contributed by atoms with E-state index < -0.39 is 0 Å². The van der Waals surface area contributed by atoms with Crippen molar-refractivity contribution in [3.8, 4) is 0 Å². The Bertz CT molecular complexity index is 764. The molecule has 0 aliphatic rings. The van der Waals surface area contributed by atoms with E-state index in [1.54, 1.807) is 0 Å². The second-order valence-corrected chi connectivity index (χ2v) is 5.81. The molecule has 0 saturated heterocycles. The largest absolute Gasteiger partial charge is 0.321 e. The van der Waals surface area contributed by atoms with Gasteiger partial charge in [0.05, 0.1) is 17.1 Å². The van der Waals surface area contributed by atoms with Crippen molar-refractivity contribution in [2.24, 2.45) is 0 Å². The number of alkyl halides is 1. The first-order valence-electron chi connectivity index (χ1n) is 6.98. The Labute approximate surface area is 134 Å². The molecule has 0 amide bonds. The molecule has 1 unspecified atom stereocenters. The van der Waals surface area contributed by atoms with Gasteiger partial charge in [-0.15, -0.1) is 11.6 Å². The molecular weight excluding hydrogens is 303 g/mol. The highest BCUT2D eigenvalue weighted by Gasteiger charge is 2.18. The molecule has 1 aromatic heterocycles. The summed E-state index contributed by atoms with van der Waals surface area (Å²) in [6.45, 7) is 2.15. The van der Waals surface area contributed by atoms with Crippen LogP contribution in [0.1, 0.15) is 24.4 Å². The van der Waals surface area contributed by atoms with E-state index >= 15 is 0 Å². The maximum absolute atomic E-state index is 6.36. The maximum Gasteiger partial charge on any atom is 0.111 e. The molecule has 0 aliphatic carbocycles.